The van der Waals surface area contributed by atoms with Crippen LogP contribution in [0.5, 0.6) is 5.75 Å². The minimum absolute atomic E-state index is 0.0435. The summed E-state index contributed by atoms with van der Waals surface area (Å²) in [5.41, 5.74) is -0.225. The Hall–Kier alpha value is -3.46. The van der Waals surface area contributed by atoms with Crippen LogP contribution in [0.1, 0.15) is 53.8 Å². The molecule has 1 spiro atoms. The van der Waals surface area contributed by atoms with Gasteiger partial charge in [-0.3, -0.25) is 19.3 Å². The topological polar surface area (TPSA) is 88.2 Å². The van der Waals surface area contributed by atoms with E-state index in [1.807, 2.05) is 13.8 Å². The van der Waals surface area contributed by atoms with Gasteiger partial charge in [0.25, 0.3) is 11.8 Å². The van der Waals surface area contributed by atoms with E-state index in [4.69, 9.17) is 9.47 Å². The summed E-state index contributed by atoms with van der Waals surface area (Å²) in [5, 5.41) is 2.97. The molecule has 0 bridgehead atoms. The number of hydrogen-bond donors (Lipinski definition) is 1. The number of ether oxygens (including phenoxy) is 2. The van der Waals surface area contributed by atoms with E-state index in [0.29, 0.717) is 42.8 Å². The van der Waals surface area contributed by atoms with Crippen molar-refractivity contribution in [2.45, 2.75) is 50.9 Å². The summed E-state index contributed by atoms with van der Waals surface area (Å²) < 4.78 is 24.8. The van der Waals surface area contributed by atoms with Crippen LogP contribution in [-0.2, 0) is 9.53 Å². The Morgan fingerprint density at radius 3 is 2.44 bits per heavy atom. The molecule has 4 rings (SSSR count). The van der Waals surface area contributed by atoms with Crippen LogP contribution in [0, 0.1) is 5.82 Å². The lowest BCUT2D eigenvalue weighted by molar-refractivity contribution is -0.128. The maximum atomic E-state index is 13.8. The van der Waals surface area contributed by atoms with Gasteiger partial charge < -0.3 is 19.7 Å². The largest absolute Gasteiger partial charge is 0.497 e. The van der Waals surface area contributed by atoms with Gasteiger partial charge in [-0.2, -0.15) is 0 Å². The average molecular weight is 498 g/mol. The molecule has 9 heteroatoms. The number of carbonyl (C=O) groups excluding carboxylic acids is 3. The Kier molecular flexibility index (Phi) is 7.59. The van der Waals surface area contributed by atoms with Crippen molar-refractivity contribution >= 4 is 17.7 Å². The fourth-order valence-corrected chi connectivity index (χ4v) is 4.74. The summed E-state index contributed by atoms with van der Waals surface area (Å²) >= 11 is 0. The zero-order chi connectivity index (χ0) is 25.9. The highest BCUT2D eigenvalue weighted by atomic mass is 19.1. The van der Waals surface area contributed by atoms with Gasteiger partial charge in [-0.25, -0.2) is 4.39 Å². The number of benzene rings is 2. The number of piperidine rings is 1. The number of methoxy groups -OCH3 is 1. The summed E-state index contributed by atoms with van der Waals surface area (Å²) in [7, 11) is 1.53. The van der Waals surface area contributed by atoms with Crippen LogP contribution in [0.3, 0.4) is 0 Å². The minimum Gasteiger partial charge on any atom is -0.497 e. The summed E-state index contributed by atoms with van der Waals surface area (Å²) in [4.78, 5) is 43.2. The Morgan fingerprint density at radius 1 is 1.11 bits per heavy atom. The van der Waals surface area contributed by atoms with Gasteiger partial charge in [0.05, 0.1) is 13.7 Å². The summed E-state index contributed by atoms with van der Waals surface area (Å²) in [6, 6.07) is 11.4. The van der Waals surface area contributed by atoms with Crippen molar-refractivity contribution < 1.29 is 28.2 Å². The molecule has 2 saturated heterocycles. The highest BCUT2D eigenvalue weighted by Crippen LogP contribution is 2.39. The molecule has 0 aliphatic carbocycles. The van der Waals surface area contributed by atoms with E-state index >= 15 is 0 Å². The van der Waals surface area contributed by atoms with Crippen molar-refractivity contribution in [2.75, 3.05) is 26.8 Å². The van der Waals surface area contributed by atoms with Crippen LogP contribution in [0.4, 0.5) is 4.39 Å². The summed E-state index contributed by atoms with van der Waals surface area (Å²) in [6.45, 7) is 4.63. The normalized spacial score (nSPS) is 19.7. The van der Waals surface area contributed by atoms with E-state index in [2.05, 4.69) is 5.32 Å². The van der Waals surface area contributed by atoms with Crippen molar-refractivity contribution in [1.82, 2.24) is 15.1 Å². The fourth-order valence-electron chi connectivity index (χ4n) is 4.74. The van der Waals surface area contributed by atoms with Gasteiger partial charge in [-0.15, -0.1) is 0 Å². The monoisotopic (exact) mass is 497 g/mol. The maximum absolute atomic E-state index is 13.8. The Labute approximate surface area is 210 Å². The lowest BCUT2D eigenvalue weighted by Crippen LogP contribution is -2.60. The molecule has 0 unspecified atom stereocenters. The van der Waals surface area contributed by atoms with Gasteiger partial charge in [0, 0.05) is 43.1 Å². The second kappa shape index (κ2) is 10.7. The molecule has 192 valence electrons. The molecule has 0 radical (unpaired) electrons. The molecule has 2 atom stereocenters. The average Bonchev–Trinajstić information content (AvgIpc) is 3.27. The molecule has 2 heterocycles. The third kappa shape index (κ3) is 5.06. The molecular weight excluding hydrogens is 465 g/mol. The van der Waals surface area contributed by atoms with Crippen LogP contribution < -0.4 is 10.1 Å². The van der Waals surface area contributed by atoms with E-state index < -0.39 is 17.6 Å². The van der Waals surface area contributed by atoms with Crippen LogP contribution >= 0.6 is 0 Å². The van der Waals surface area contributed by atoms with Crippen molar-refractivity contribution in [3.05, 3.63) is 65.5 Å². The smallest absolute Gasteiger partial charge is 0.257 e. The number of nitrogens with one attached hydrogen (secondary N) is 1. The Bertz CT molecular complexity index is 1110. The first kappa shape index (κ1) is 25.6. The minimum atomic E-state index is -1.02. The summed E-state index contributed by atoms with van der Waals surface area (Å²) in [5.74, 6) is -0.664. The number of carbonyl (C=O) groups is 3. The van der Waals surface area contributed by atoms with Crippen molar-refractivity contribution in [3.63, 3.8) is 0 Å². The van der Waals surface area contributed by atoms with E-state index in [0.717, 1.165) is 6.42 Å². The molecule has 2 aromatic carbocycles. The highest BCUT2D eigenvalue weighted by Gasteiger charge is 2.54. The number of nitrogens with zero attached hydrogens (tertiary/aromatic N) is 2. The molecular formula is C27H32FN3O5. The molecule has 8 nitrogen and oxygen atoms in total. The molecule has 3 amide bonds. The van der Waals surface area contributed by atoms with Crippen molar-refractivity contribution in [3.8, 4) is 5.75 Å². The molecule has 0 aromatic heterocycles. The SMILES string of the molecule is CC[C@@H](C)NC(=O)[C@@H]1COC2(CCN(C(=O)c3ccc(F)cc3)CC2)N1C(=O)c1cccc(OC)c1. The lowest BCUT2D eigenvalue weighted by Gasteiger charge is -2.44. The molecule has 2 aromatic rings. The molecule has 1 N–H and O–H groups in total. The lowest BCUT2D eigenvalue weighted by atomic mass is 9.96. The second-order valence-electron chi connectivity index (χ2n) is 9.30. The quantitative estimate of drug-likeness (QED) is 0.662. The van der Waals surface area contributed by atoms with Crippen LogP contribution in [-0.4, -0.2) is 72.1 Å². The Balaban J connectivity index is 1.58. The number of likely N-dealkylation sites (tertiary alicyclic amines) is 1. The van der Waals surface area contributed by atoms with Gasteiger partial charge >= 0.3 is 0 Å². The van der Waals surface area contributed by atoms with E-state index in [1.165, 1.54) is 31.4 Å². The highest BCUT2D eigenvalue weighted by molar-refractivity contribution is 5.99. The Morgan fingerprint density at radius 2 is 1.81 bits per heavy atom. The van der Waals surface area contributed by atoms with Crippen LogP contribution in [0.15, 0.2) is 48.5 Å². The summed E-state index contributed by atoms with van der Waals surface area (Å²) in [6.07, 6.45) is 1.46. The first-order valence-electron chi connectivity index (χ1n) is 12.2. The zero-order valence-electron chi connectivity index (χ0n) is 20.8. The second-order valence-corrected chi connectivity index (χ2v) is 9.30. The maximum Gasteiger partial charge on any atom is 0.257 e. The third-order valence-electron chi connectivity index (χ3n) is 7.02. The first-order valence-corrected chi connectivity index (χ1v) is 12.2. The van der Waals surface area contributed by atoms with E-state index in [9.17, 15) is 18.8 Å². The first-order chi connectivity index (χ1) is 17.3. The molecule has 36 heavy (non-hydrogen) atoms. The molecule has 2 aliphatic heterocycles. The number of rotatable bonds is 6. The van der Waals surface area contributed by atoms with E-state index in [-0.39, 0.29) is 30.4 Å². The van der Waals surface area contributed by atoms with Crippen LogP contribution in [0.25, 0.3) is 0 Å². The zero-order valence-corrected chi connectivity index (χ0v) is 20.8. The predicted octanol–water partition coefficient (Wildman–Crippen LogP) is 3.22. The van der Waals surface area contributed by atoms with Gasteiger partial charge in [-0.05, 0) is 55.8 Å². The van der Waals surface area contributed by atoms with Gasteiger partial charge in [0.2, 0.25) is 5.91 Å². The molecule has 2 fully saturated rings. The van der Waals surface area contributed by atoms with E-state index in [1.54, 1.807) is 34.1 Å². The van der Waals surface area contributed by atoms with Gasteiger partial charge in [0.1, 0.15) is 23.3 Å². The predicted molar refractivity (Wildman–Crippen MR) is 131 cm³/mol. The third-order valence-corrected chi connectivity index (χ3v) is 7.02. The van der Waals surface area contributed by atoms with Crippen LogP contribution in [0.2, 0.25) is 0 Å². The molecule has 2 aliphatic rings. The fraction of sp³-hybridized carbons (Fsp3) is 0.444. The van der Waals surface area contributed by atoms with Crippen molar-refractivity contribution in [1.29, 1.82) is 0 Å². The molecule has 0 saturated carbocycles. The standard InChI is InChI=1S/C27H32FN3O5/c1-4-18(2)29-24(32)23-17-36-27(31(23)26(34)20-6-5-7-22(16-20)35-3)12-14-30(15-13-27)25(33)19-8-10-21(28)11-9-19/h5-11,16,18,23H,4,12-15,17H2,1-3H3,(H,29,32)/t18-,23+/m1/s1. The number of amides is 3. The number of halogens is 1. The van der Waals surface area contributed by atoms with Gasteiger partial charge in [-0.1, -0.05) is 13.0 Å². The van der Waals surface area contributed by atoms with Crippen molar-refractivity contribution in [2.24, 2.45) is 0 Å². The van der Waals surface area contributed by atoms with Gasteiger partial charge in [0.15, 0.2) is 0 Å². The number of hydrogen-bond acceptors (Lipinski definition) is 5.